The van der Waals surface area contributed by atoms with E-state index in [1.807, 2.05) is 12.3 Å². The van der Waals surface area contributed by atoms with Crippen molar-refractivity contribution < 1.29 is 4.42 Å². The highest BCUT2D eigenvalue weighted by Crippen LogP contribution is 2.35. The lowest BCUT2D eigenvalue weighted by atomic mass is 10.0. The van der Waals surface area contributed by atoms with E-state index in [0.717, 1.165) is 22.2 Å². The summed E-state index contributed by atoms with van der Waals surface area (Å²) in [6.45, 7) is 11.5. The van der Waals surface area contributed by atoms with Crippen molar-refractivity contribution in [2.75, 3.05) is 0 Å². The molecule has 0 aliphatic carbocycles. The van der Waals surface area contributed by atoms with E-state index < -0.39 is 8.07 Å². The van der Waals surface area contributed by atoms with E-state index >= 15 is 0 Å². The van der Waals surface area contributed by atoms with Gasteiger partial charge in [-0.2, -0.15) is 0 Å². The van der Waals surface area contributed by atoms with E-state index in [9.17, 15) is 0 Å². The Labute approximate surface area is 155 Å². The summed E-state index contributed by atoms with van der Waals surface area (Å²) in [6.07, 6.45) is 3.68. The van der Waals surface area contributed by atoms with Crippen LogP contribution in [-0.2, 0) is 0 Å². The van der Waals surface area contributed by atoms with Gasteiger partial charge in [-0.3, -0.25) is 4.98 Å². The average Bonchev–Trinajstić information content (AvgIpc) is 2.99. The molecule has 3 nitrogen and oxygen atoms in total. The Bertz CT molecular complexity index is 1110. The minimum atomic E-state index is -1.54. The van der Waals surface area contributed by atoms with Gasteiger partial charge in [-0.15, -0.1) is 0 Å². The van der Waals surface area contributed by atoms with E-state index in [2.05, 4.69) is 73.8 Å². The van der Waals surface area contributed by atoms with Crippen LogP contribution in [-0.4, -0.2) is 18.0 Å². The second-order valence-electron chi connectivity index (χ2n) is 8.20. The Kier molecular flexibility index (Phi) is 3.96. The Balaban J connectivity index is 2.08. The van der Waals surface area contributed by atoms with Crippen molar-refractivity contribution in [3.63, 3.8) is 0 Å². The van der Waals surface area contributed by atoms with E-state index in [1.165, 1.54) is 16.1 Å². The number of benzene rings is 1. The minimum Gasteiger partial charge on any atom is -0.437 e. The first-order valence-electron chi connectivity index (χ1n) is 9.13. The monoisotopic (exact) mass is 360 g/mol. The molecule has 0 bridgehead atoms. The van der Waals surface area contributed by atoms with Gasteiger partial charge in [-0.1, -0.05) is 39.6 Å². The summed E-state index contributed by atoms with van der Waals surface area (Å²) in [5, 5.41) is 3.71. The minimum absolute atomic E-state index is 0.464. The highest BCUT2D eigenvalue weighted by molar-refractivity contribution is 6.90. The molecule has 0 aliphatic rings. The van der Waals surface area contributed by atoms with Crippen molar-refractivity contribution in [3.8, 4) is 11.3 Å². The van der Waals surface area contributed by atoms with Crippen molar-refractivity contribution in [2.24, 2.45) is 0 Å². The fourth-order valence-electron chi connectivity index (χ4n) is 3.50. The zero-order chi connectivity index (χ0) is 18.5. The van der Waals surface area contributed by atoms with Gasteiger partial charge in [0.1, 0.15) is 5.58 Å². The number of furan rings is 1. The number of aromatic nitrogens is 2. The fraction of sp³-hybridized carbons (Fsp3) is 0.273. The van der Waals surface area contributed by atoms with E-state index in [0.29, 0.717) is 11.6 Å². The second-order valence-corrected chi connectivity index (χ2v) is 13.2. The number of hydrogen-bond acceptors (Lipinski definition) is 3. The molecule has 0 saturated carbocycles. The Morgan fingerprint density at radius 3 is 2.50 bits per heavy atom. The third kappa shape index (κ3) is 2.74. The largest absolute Gasteiger partial charge is 0.437 e. The van der Waals surface area contributed by atoms with Crippen molar-refractivity contribution >= 4 is 35.3 Å². The molecular formula is C22H24N2OSi. The highest BCUT2D eigenvalue weighted by atomic mass is 28.3. The number of nitrogens with zero attached hydrogens (tertiary/aromatic N) is 2. The lowest BCUT2D eigenvalue weighted by Gasteiger charge is -2.19. The molecule has 4 aromatic rings. The van der Waals surface area contributed by atoms with Crippen LogP contribution in [0, 0.1) is 0 Å². The van der Waals surface area contributed by atoms with Gasteiger partial charge >= 0.3 is 0 Å². The van der Waals surface area contributed by atoms with E-state index in [1.54, 1.807) is 6.20 Å². The van der Waals surface area contributed by atoms with Gasteiger partial charge in [0.25, 0.3) is 0 Å². The van der Waals surface area contributed by atoms with Gasteiger partial charge in [0.2, 0.25) is 5.71 Å². The Hall–Kier alpha value is -2.46. The van der Waals surface area contributed by atoms with Crippen molar-refractivity contribution in [1.29, 1.82) is 0 Å². The summed E-state index contributed by atoms with van der Waals surface area (Å²) in [6, 6.07) is 12.8. The van der Waals surface area contributed by atoms with Gasteiger partial charge in [0.15, 0.2) is 0 Å². The van der Waals surface area contributed by atoms with Gasteiger partial charge in [0.05, 0.1) is 13.8 Å². The molecule has 1 aromatic carbocycles. The first-order valence-corrected chi connectivity index (χ1v) is 12.6. The predicted octanol–water partition coefficient (Wildman–Crippen LogP) is 5.71. The molecule has 0 saturated heterocycles. The molecule has 0 aliphatic heterocycles. The lowest BCUT2D eigenvalue weighted by molar-refractivity contribution is 0.655. The molecule has 0 fully saturated rings. The van der Waals surface area contributed by atoms with Gasteiger partial charge in [0, 0.05) is 28.7 Å². The maximum atomic E-state index is 6.25. The molecule has 0 N–H and O–H groups in total. The smallest absolute Gasteiger partial charge is 0.227 e. The van der Waals surface area contributed by atoms with E-state index in [4.69, 9.17) is 4.42 Å². The average molecular weight is 361 g/mol. The molecule has 3 heterocycles. The molecule has 0 atom stereocenters. The quantitative estimate of drug-likeness (QED) is 0.439. The molecule has 4 rings (SSSR count). The van der Waals surface area contributed by atoms with Gasteiger partial charge < -0.3 is 4.42 Å². The maximum Gasteiger partial charge on any atom is 0.227 e. The Morgan fingerprint density at radius 2 is 1.77 bits per heavy atom. The van der Waals surface area contributed by atoms with Crippen LogP contribution in [0.2, 0.25) is 19.6 Å². The zero-order valence-corrected chi connectivity index (χ0v) is 17.0. The molecule has 3 aromatic heterocycles. The third-order valence-corrected chi connectivity index (χ3v) is 6.96. The molecule has 26 heavy (non-hydrogen) atoms. The summed E-state index contributed by atoms with van der Waals surface area (Å²) < 4.78 is 6.25. The topological polar surface area (TPSA) is 38.9 Å². The second kappa shape index (κ2) is 6.06. The molecule has 0 radical (unpaired) electrons. The number of pyridine rings is 2. The molecule has 0 spiro atoms. The normalized spacial score (nSPS) is 12.4. The van der Waals surface area contributed by atoms with Crippen LogP contribution in [0.25, 0.3) is 33.3 Å². The molecular weight excluding hydrogens is 336 g/mol. The molecule has 132 valence electrons. The standard InChI is InChI=1S/C22H24N2OSi/c1-14(2)15-10-12-23-18(13-15)16-8-9-19(26(3,4)5)20-17-7-6-11-24-22(17)25-21(16)20/h6-14H,1-5H3. The number of hydrogen-bond donors (Lipinski definition) is 0. The van der Waals surface area contributed by atoms with Crippen LogP contribution in [0.3, 0.4) is 0 Å². The highest BCUT2D eigenvalue weighted by Gasteiger charge is 2.25. The summed E-state index contributed by atoms with van der Waals surface area (Å²) >= 11 is 0. The third-order valence-electron chi connectivity index (χ3n) is 4.93. The van der Waals surface area contributed by atoms with Crippen LogP contribution < -0.4 is 5.19 Å². The SMILES string of the molecule is CC(C)c1ccnc(-c2ccc([Si](C)(C)C)c3c2oc2ncccc23)c1. The summed E-state index contributed by atoms with van der Waals surface area (Å²) in [5.41, 5.74) is 4.90. The van der Waals surface area contributed by atoms with Crippen molar-refractivity contribution in [2.45, 2.75) is 39.4 Å². The summed E-state index contributed by atoms with van der Waals surface area (Å²) in [5.74, 6) is 0.464. The van der Waals surface area contributed by atoms with Crippen LogP contribution in [0.5, 0.6) is 0 Å². The first-order chi connectivity index (χ1) is 12.4. The summed E-state index contributed by atoms with van der Waals surface area (Å²) in [4.78, 5) is 9.09. The molecule has 0 amide bonds. The van der Waals surface area contributed by atoms with Crippen molar-refractivity contribution in [1.82, 2.24) is 9.97 Å². The van der Waals surface area contributed by atoms with E-state index in [-0.39, 0.29) is 0 Å². The molecule has 0 unspecified atom stereocenters. The lowest BCUT2D eigenvalue weighted by Crippen LogP contribution is -2.37. The Morgan fingerprint density at radius 1 is 0.962 bits per heavy atom. The van der Waals surface area contributed by atoms with Crippen LogP contribution in [0.15, 0.2) is 53.2 Å². The number of rotatable bonds is 3. The fourth-order valence-corrected chi connectivity index (χ4v) is 5.08. The molecule has 4 heteroatoms. The van der Waals surface area contributed by atoms with Gasteiger partial charge in [-0.05, 0) is 47.0 Å². The van der Waals surface area contributed by atoms with Crippen LogP contribution >= 0.6 is 0 Å². The zero-order valence-electron chi connectivity index (χ0n) is 16.0. The number of fused-ring (bicyclic) bond motifs is 3. The maximum absolute atomic E-state index is 6.25. The summed E-state index contributed by atoms with van der Waals surface area (Å²) in [7, 11) is -1.54. The first kappa shape index (κ1) is 17.0. The van der Waals surface area contributed by atoms with Crippen LogP contribution in [0.4, 0.5) is 0 Å². The van der Waals surface area contributed by atoms with Crippen LogP contribution in [0.1, 0.15) is 25.3 Å². The predicted molar refractivity (Wildman–Crippen MR) is 112 cm³/mol. The van der Waals surface area contributed by atoms with Gasteiger partial charge in [-0.25, -0.2) is 4.98 Å². The van der Waals surface area contributed by atoms with Crippen molar-refractivity contribution in [3.05, 3.63) is 54.4 Å².